The first-order valence-electron chi connectivity index (χ1n) is 6.22. The summed E-state index contributed by atoms with van der Waals surface area (Å²) in [5, 5.41) is 3.20. The Hall–Kier alpha value is -0.380. The van der Waals surface area contributed by atoms with Crippen molar-refractivity contribution < 1.29 is 0 Å². The number of thiophene rings is 1. The summed E-state index contributed by atoms with van der Waals surface area (Å²) >= 11 is 1.95. The van der Waals surface area contributed by atoms with E-state index in [1.165, 1.54) is 35.7 Å². The van der Waals surface area contributed by atoms with Crippen molar-refractivity contribution in [1.82, 2.24) is 10.2 Å². The molecule has 0 spiro atoms. The summed E-state index contributed by atoms with van der Waals surface area (Å²) in [6.07, 6.45) is 2.78. The summed E-state index contributed by atoms with van der Waals surface area (Å²) < 4.78 is 0. The molecular weight excluding hydrogens is 216 g/mol. The number of hydrogen-bond acceptors (Lipinski definition) is 3. The molecule has 1 aromatic heterocycles. The molecule has 0 radical (unpaired) electrons. The van der Waals surface area contributed by atoms with Gasteiger partial charge < -0.3 is 5.32 Å². The molecule has 1 N–H and O–H groups in total. The zero-order valence-corrected chi connectivity index (χ0v) is 11.1. The molecule has 1 atom stereocenters. The van der Waals surface area contributed by atoms with Crippen LogP contribution in [0.4, 0.5) is 0 Å². The summed E-state index contributed by atoms with van der Waals surface area (Å²) in [5.74, 6) is 0.880. The molecule has 0 saturated carbocycles. The second kappa shape index (κ2) is 5.80. The van der Waals surface area contributed by atoms with Crippen LogP contribution in [0.3, 0.4) is 0 Å². The standard InChI is InChI=1S/C13H22N2S/c1-11-4-3-7-15(9-11)10-13-6-5-12(16-13)8-14-2/h5-6,11,14H,3-4,7-10H2,1-2H3. The highest BCUT2D eigenvalue weighted by molar-refractivity contribution is 7.11. The summed E-state index contributed by atoms with van der Waals surface area (Å²) in [5.41, 5.74) is 0. The molecule has 1 unspecified atom stereocenters. The molecule has 0 aliphatic carbocycles. The molecule has 1 saturated heterocycles. The summed E-state index contributed by atoms with van der Waals surface area (Å²) in [6, 6.07) is 4.54. The smallest absolute Gasteiger partial charge is 0.0328 e. The van der Waals surface area contributed by atoms with Crippen LogP contribution in [-0.4, -0.2) is 25.0 Å². The van der Waals surface area contributed by atoms with Gasteiger partial charge in [-0.1, -0.05) is 6.92 Å². The summed E-state index contributed by atoms with van der Waals surface area (Å²) in [7, 11) is 2.01. The Labute approximate surface area is 103 Å². The van der Waals surface area contributed by atoms with Crippen LogP contribution >= 0.6 is 11.3 Å². The highest BCUT2D eigenvalue weighted by Gasteiger charge is 2.16. The van der Waals surface area contributed by atoms with Crippen molar-refractivity contribution in [3.05, 3.63) is 21.9 Å². The average molecular weight is 238 g/mol. The number of nitrogens with one attached hydrogen (secondary N) is 1. The minimum atomic E-state index is 0.880. The van der Waals surface area contributed by atoms with Crippen molar-refractivity contribution in [3.8, 4) is 0 Å². The second-order valence-electron chi connectivity index (χ2n) is 4.88. The van der Waals surface area contributed by atoms with Crippen molar-refractivity contribution in [2.75, 3.05) is 20.1 Å². The average Bonchev–Trinajstić information content (AvgIpc) is 2.66. The van der Waals surface area contributed by atoms with Crippen molar-refractivity contribution in [1.29, 1.82) is 0 Å². The first kappa shape index (κ1) is 12.1. The van der Waals surface area contributed by atoms with Crippen molar-refractivity contribution in [3.63, 3.8) is 0 Å². The van der Waals surface area contributed by atoms with Crippen LogP contribution in [0, 0.1) is 5.92 Å². The number of piperidine rings is 1. The van der Waals surface area contributed by atoms with E-state index in [1.54, 1.807) is 0 Å². The van der Waals surface area contributed by atoms with Crippen molar-refractivity contribution in [2.45, 2.75) is 32.9 Å². The first-order chi connectivity index (χ1) is 7.78. The minimum absolute atomic E-state index is 0.880. The Morgan fingerprint density at radius 3 is 3.00 bits per heavy atom. The van der Waals surface area contributed by atoms with E-state index in [-0.39, 0.29) is 0 Å². The van der Waals surface area contributed by atoms with Gasteiger partial charge in [0, 0.05) is 29.4 Å². The third kappa shape index (κ3) is 3.30. The monoisotopic (exact) mass is 238 g/mol. The number of nitrogens with zero attached hydrogens (tertiary/aromatic N) is 1. The van der Waals surface area contributed by atoms with Gasteiger partial charge in [0.05, 0.1) is 0 Å². The molecule has 2 rings (SSSR count). The van der Waals surface area contributed by atoms with Crippen LogP contribution in [0.5, 0.6) is 0 Å². The zero-order chi connectivity index (χ0) is 11.4. The normalized spacial score (nSPS) is 22.5. The Bertz CT molecular complexity index is 321. The molecular formula is C13H22N2S. The van der Waals surface area contributed by atoms with Gasteiger partial charge in [-0.05, 0) is 44.5 Å². The molecule has 0 amide bonds. The van der Waals surface area contributed by atoms with Crippen LogP contribution in [0.2, 0.25) is 0 Å². The topological polar surface area (TPSA) is 15.3 Å². The molecule has 2 heterocycles. The van der Waals surface area contributed by atoms with Crippen molar-refractivity contribution in [2.24, 2.45) is 5.92 Å². The molecule has 0 bridgehead atoms. The molecule has 1 aromatic rings. The van der Waals surface area contributed by atoms with Gasteiger partial charge in [-0.15, -0.1) is 11.3 Å². The fraction of sp³-hybridized carbons (Fsp3) is 0.692. The minimum Gasteiger partial charge on any atom is -0.315 e. The molecule has 90 valence electrons. The van der Waals surface area contributed by atoms with Crippen LogP contribution in [0.1, 0.15) is 29.5 Å². The highest BCUT2D eigenvalue weighted by atomic mass is 32.1. The van der Waals surface area contributed by atoms with Gasteiger partial charge in [-0.2, -0.15) is 0 Å². The number of rotatable bonds is 4. The largest absolute Gasteiger partial charge is 0.315 e. The number of hydrogen-bond donors (Lipinski definition) is 1. The lowest BCUT2D eigenvalue weighted by atomic mass is 10.0. The lowest BCUT2D eigenvalue weighted by Gasteiger charge is -2.30. The van der Waals surface area contributed by atoms with Crippen LogP contribution in [0.15, 0.2) is 12.1 Å². The van der Waals surface area contributed by atoms with Crippen LogP contribution < -0.4 is 5.32 Å². The van der Waals surface area contributed by atoms with Crippen LogP contribution in [0.25, 0.3) is 0 Å². The fourth-order valence-electron chi connectivity index (χ4n) is 2.43. The van der Waals surface area contributed by atoms with Crippen molar-refractivity contribution >= 4 is 11.3 Å². The van der Waals surface area contributed by atoms with E-state index in [1.807, 2.05) is 18.4 Å². The van der Waals surface area contributed by atoms with Gasteiger partial charge in [-0.3, -0.25) is 4.90 Å². The molecule has 3 heteroatoms. The maximum Gasteiger partial charge on any atom is 0.0328 e. The maximum absolute atomic E-state index is 3.20. The molecule has 1 fully saturated rings. The Balaban J connectivity index is 1.87. The maximum atomic E-state index is 3.20. The number of likely N-dealkylation sites (tertiary alicyclic amines) is 1. The van der Waals surface area contributed by atoms with E-state index in [0.29, 0.717) is 0 Å². The fourth-order valence-corrected chi connectivity index (χ4v) is 3.50. The SMILES string of the molecule is CNCc1ccc(CN2CCCC(C)C2)s1. The molecule has 2 nitrogen and oxygen atoms in total. The second-order valence-corrected chi connectivity index (χ2v) is 6.13. The van der Waals surface area contributed by atoms with Gasteiger partial charge in [0.25, 0.3) is 0 Å². The quantitative estimate of drug-likeness (QED) is 0.867. The van der Waals surface area contributed by atoms with E-state index in [4.69, 9.17) is 0 Å². The zero-order valence-electron chi connectivity index (χ0n) is 10.3. The summed E-state index contributed by atoms with van der Waals surface area (Å²) in [4.78, 5) is 5.56. The lowest BCUT2D eigenvalue weighted by molar-refractivity contribution is 0.178. The Morgan fingerprint density at radius 1 is 1.44 bits per heavy atom. The van der Waals surface area contributed by atoms with Gasteiger partial charge in [0.15, 0.2) is 0 Å². The van der Waals surface area contributed by atoms with E-state index in [9.17, 15) is 0 Å². The van der Waals surface area contributed by atoms with E-state index in [0.717, 1.165) is 19.0 Å². The van der Waals surface area contributed by atoms with Gasteiger partial charge in [0.2, 0.25) is 0 Å². The highest BCUT2D eigenvalue weighted by Crippen LogP contribution is 2.22. The molecule has 16 heavy (non-hydrogen) atoms. The third-order valence-corrected chi connectivity index (χ3v) is 4.26. The van der Waals surface area contributed by atoms with Gasteiger partial charge in [0.1, 0.15) is 0 Å². The van der Waals surface area contributed by atoms with Gasteiger partial charge in [-0.25, -0.2) is 0 Å². The Morgan fingerprint density at radius 2 is 2.25 bits per heavy atom. The molecule has 1 aliphatic heterocycles. The predicted molar refractivity (Wildman–Crippen MR) is 70.8 cm³/mol. The van der Waals surface area contributed by atoms with Crippen LogP contribution in [-0.2, 0) is 13.1 Å². The molecule has 1 aliphatic rings. The third-order valence-electron chi connectivity index (χ3n) is 3.19. The Kier molecular flexibility index (Phi) is 4.38. The first-order valence-corrected chi connectivity index (χ1v) is 7.04. The predicted octanol–water partition coefficient (Wildman–Crippen LogP) is 2.70. The summed E-state index contributed by atoms with van der Waals surface area (Å²) in [6.45, 7) is 7.08. The van der Waals surface area contributed by atoms with E-state index in [2.05, 4.69) is 29.3 Å². The van der Waals surface area contributed by atoms with Gasteiger partial charge >= 0.3 is 0 Å². The molecule has 0 aromatic carbocycles. The lowest BCUT2D eigenvalue weighted by Crippen LogP contribution is -2.33. The van der Waals surface area contributed by atoms with E-state index < -0.39 is 0 Å². The van der Waals surface area contributed by atoms with E-state index >= 15 is 0 Å².